The number of halogens is 1. The normalized spacial score (nSPS) is 17.3. The van der Waals surface area contributed by atoms with E-state index in [1.54, 1.807) is 6.20 Å². The van der Waals surface area contributed by atoms with Gasteiger partial charge in [0.05, 0.1) is 5.75 Å². The quantitative estimate of drug-likeness (QED) is 0.747. The summed E-state index contributed by atoms with van der Waals surface area (Å²) in [5, 5.41) is 0. The number of pyridine rings is 1. The van der Waals surface area contributed by atoms with Crippen LogP contribution in [0.15, 0.2) is 24.4 Å². The molecule has 4 nitrogen and oxygen atoms in total. The van der Waals surface area contributed by atoms with Crippen LogP contribution in [-0.2, 0) is 16.4 Å². The third-order valence-corrected chi connectivity index (χ3v) is 5.12. The monoisotopic (exact) mass is 302 g/mol. The van der Waals surface area contributed by atoms with Gasteiger partial charge in [-0.3, -0.25) is 4.98 Å². The predicted molar refractivity (Wildman–Crippen MR) is 76.7 cm³/mol. The van der Waals surface area contributed by atoms with Crippen LogP contribution in [0.5, 0.6) is 0 Å². The highest BCUT2D eigenvalue weighted by molar-refractivity contribution is 7.89. The van der Waals surface area contributed by atoms with Crippen molar-refractivity contribution in [3.63, 3.8) is 0 Å². The molecule has 19 heavy (non-hydrogen) atoms. The van der Waals surface area contributed by atoms with Crippen molar-refractivity contribution < 1.29 is 8.42 Å². The summed E-state index contributed by atoms with van der Waals surface area (Å²) >= 11 is 5.73. The Morgan fingerprint density at radius 1 is 1.37 bits per heavy atom. The Balaban J connectivity index is 1.79. The van der Waals surface area contributed by atoms with E-state index in [-0.39, 0.29) is 11.2 Å². The molecule has 1 heterocycles. The summed E-state index contributed by atoms with van der Waals surface area (Å²) in [5.41, 5.74) is 0.926. The molecule has 0 atom stereocenters. The molecule has 0 saturated heterocycles. The first kappa shape index (κ1) is 14.8. The Hall–Kier alpha value is -0.650. The number of hydrogen-bond donors (Lipinski definition) is 1. The van der Waals surface area contributed by atoms with Crippen molar-refractivity contribution in [3.8, 4) is 0 Å². The third-order valence-electron chi connectivity index (χ3n) is 3.60. The fourth-order valence-electron chi connectivity index (χ4n) is 2.01. The van der Waals surface area contributed by atoms with Crippen molar-refractivity contribution in [2.24, 2.45) is 5.41 Å². The Labute approximate surface area is 119 Å². The molecule has 0 radical (unpaired) electrons. The number of nitrogens with zero attached hydrogens (tertiary/aromatic N) is 1. The SMILES string of the molecule is O=S(=O)(CCc1ccccn1)NCC1(CCCl)CC1. The van der Waals surface area contributed by atoms with Gasteiger partial charge < -0.3 is 0 Å². The molecule has 0 bridgehead atoms. The van der Waals surface area contributed by atoms with Gasteiger partial charge in [0.1, 0.15) is 0 Å². The maximum absolute atomic E-state index is 11.9. The van der Waals surface area contributed by atoms with Gasteiger partial charge in [-0.05, 0) is 36.8 Å². The molecule has 6 heteroatoms. The minimum Gasteiger partial charge on any atom is -0.261 e. The highest BCUT2D eigenvalue weighted by Gasteiger charge is 2.42. The molecule has 0 spiro atoms. The van der Waals surface area contributed by atoms with E-state index < -0.39 is 10.0 Å². The van der Waals surface area contributed by atoms with Crippen molar-refractivity contribution in [1.82, 2.24) is 9.71 Å². The van der Waals surface area contributed by atoms with Crippen LogP contribution in [0.25, 0.3) is 0 Å². The largest absolute Gasteiger partial charge is 0.261 e. The topological polar surface area (TPSA) is 59.1 Å². The van der Waals surface area contributed by atoms with E-state index in [1.165, 1.54) is 0 Å². The summed E-state index contributed by atoms with van der Waals surface area (Å²) in [7, 11) is -3.22. The van der Waals surface area contributed by atoms with Crippen molar-refractivity contribution in [2.75, 3.05) is 18.2 Å². The van der Waals surface area contributed by atoms with Gasteiger partial charge in [-0.1, -0.05) is 6.07 Å². The van der Waals surface area contributed by atoms with Gasteiger partial charge in [0.15, 0.2) is 0 Å². The van der Waals surface area contributed by atoms with E-state index in [1.807, 2.05) is 18.2 Å². The fourth-order valence-corrected chi connectivity index (χ4v) is 3.56. The van der Waals surface area contributed by atoms with Gasteiger partial charge in [0.2, 0.25) is 10.0 Å². The molecule has 1 N–H and O–H groups in total. The van der Waals surface area contributed by atoms with Gasteiger partial charge in [-0.15, -0.1) is 11.6 Å². The number of aryl methyl sites for hydroxylation is 1. The molecule has 1 aromatic rings. The third kappa shape index (κ3) is 4.75. The molecule has 1 aromatic heterocycles. The fraction of sp³-hybridized carbons (Fsp3) is 0.615. The van der Waals surface area contributed by atoms with Crippen molar-refractivity contribution in [2.45, 2.75) is 25.7 Å². The minimum atomic E-state index is -3.22. The Kier molecular flexibility index (Phi) is 4.81. The summed E-state index contributed by atoms with van der Waals surface area (Å²) in [6, 6.07) is 5.52. The minimum absolute atomic E-state index is 0.0843. The zero-order valence-electron chi connectivity index (χ0n) is 10.8. The zero-order valence-corrected chi connectivity index (χ0v) is 12.4. The van der Waals surface area contributed by atoms with Crippen molar-refractivity contribution in [3.05, 3.63) is 30.1 Å². The molecule has 1 aliphatic carbocycles. The molecule has 0 unspecified atom stereocenters. The lowest BCUT2D eigenvalue weighted by Gasteiger charge is -2.14. The van der Waals surface area contributed by atoms with E-state index in [0.29, 0.717) is 18.8 Å². The van der Waals surface area contributed by atoms with Crippen LogP contribution in [0.3, 0.4) is 0 Å². The average molecular weight is 303 g/mol. The molecule has 1 saturated carbocycles. The predicted octanol–water partition coefficient (Wildman–Crippen LogP) is 1.95. The summed E-state index contributed by atoms with van der Waals surface area (Å²) in [6.45, 7) is 0.518. The second kappa shape index (κ2) is 6.20. The maximum atomic E-state index is 11.9. The second-order valence-electron chi connectivity index (χ2n) is 5.15. The lowest BCUT2D eigenvalue weighted by molar-refractivity contribution is 0.478. The van der Waals surface area contributed by atoms with E-state index in [0.717, 1.165) is 25.0 Å². The molecule has 106 valence electrons. The first-order chi connectivity index (χ1) is 9.05. The number of nitrogens with one attached hydrogen (secondary N) is 1. The molecular formula is C13H19ClN2O2S. The number of hydrogen-bond acceptors (Lipinski definition) is 3. The molecule has 0 amide bonds. The smallest absolute Gasteiger partial charge is 0.211 e. The zero-order chi connectivity index (χ0) is 13.8. The van der Waals surface area contributed by atoms with Gasteiger partial charge in [0, 0.05) is 30.7 Å². The lowest BCUT2D eigenvalue weighted by Crippen LogP contribution is -2.33. The Morgan fingerprint density at radius 2 is 2.16 bits per heavy atom. The molecule has 0 aromatic carbocycles. The summed E-state index contributed by atoms with van der Waals surface area (Å²) in [6.07, 6.45) is 5.15. The summed E-state index contributed by atoms with van der Waals surface area (Å²) in [5.74, 6) is 0.677. The van der Waals surface area contributed by atoms with E-state index in [2.05, 4.69) is 9.71 Å². The van der Waals surface area contributed by atoms with Crippen LogP contribution >= 0.6 is 11.6 Å². The van der Waals surface area contributed by atoms with Gasteiger partial charge in [-0.25, -0.2) is 13.1 Å². The average Bonchev–Trinajstić information content (AvgIpc) is 3.17. The summed E-state index contributed by atoms with van der Waals surface area (Å²) < 4.78 is 26.5. The van der Waals surface area contributed by atoms with E-state index in [9.17, 15) is 8.42 Å². The number of rotatable bonds is 8. The van der Waals surface area contributed by atoms with Crippen LogP contribution in [0.2, 0.25) is 0 Å². The first-order valence-corrected chi connectivity index (χ1v) is 8.67. The number of alkyl halides is 1. The Bertz CT molecular complexity index is 501. The van der Waals surface area contributed by atoms with E-state index in [4.69, 9.17) is 11.6 Å². The lowest BCUT2D eigenvalue weighted by atomic mass is 10.1. The van der Waals surface area contributed by atoms with E-state index >= 15 is 0 Å². The van der Waals surface area contributed by atoms with Crippen LogP contribution in [-0.4, -0.2) is 31.6 Å². The summed E-state index contributed by atoms with van der Waals surface area (Å²) in [4.78, 5) is 4.12. The van der Waals surface area contributed by atoms with Crippen LogP contribution < -0.4 is 4.72 Å². The standard InChI is InChI=1S/C13H19ClN2O2S/c14-8-7-13(5-6-13)11-16-19(17,18)10-4-12-3-1-2-9-15-12/h1-3,9,16H,4-8,10-11H2. The Morgan fingerprint density at radius 3 is 2.74 bits per heavy atom. The highest BCUT2D eigenvalue weighted by Crippen LogP contribution is 2.48. The molecule has 1 aliphatic rings. The highest BCUT2D eigenvalue weighted by atomic mass is 35.5. The maximum Gasteiger partial charge on any atom is 0.211 e. The van der Waals surface area contributed by atoms with Gasteiger partial charge >= 0.3 is 0 Å². The number of sulfonamides is 1. The molecule has 2 rings (SSSR count). The second-order valence-corrected chi connectivity index (χ2v) is 7.45. The van der Waals surface area contributed by atoms with Crippen LogP contribution in [0.4, 0.5) is 0 Å². The van der Waals surface area contributed by atoms with Crippen molar-refractivity contribution in [1.29, 1.82) is 0 Å². The van der Waals surface area contributed by atoms with Gasteiger partial charge in [0.25, 0.3) is 0 Å². The molecular weight excluding hydrogens is 284 g/mol. The van der Waals surface area contributed by atoms with Crippen LogP contribution in [0.1, 0.15) is 25.0 Å². The first-order valence-electron chi connectivity index (χ1n) is 6.49. The molecule has 1 fully saturated rings. The number of aromatic nitrogens is 1. The van der Waals surface area contributed by atoms with Crippen LogP contribution in [0, 0.1) is 5.41 Å². The van der Waals surface area contributed by atoms with Crippen molar-refractivity contribution >= 4 is 21.6 Å². The molecule has 0 aliphatic heterocycles. The van der Waals surface area contributed by atoms with Gasteiger partial charge in [-0.2, -0.15) is 0 Å².